The Morgan fingerprint density at radius 2 is 2.16 bits per heavy atom. The Morgan fingerprint density at radius 3 is 3.00 bits per heavy atom. The van der Waals surface area contributed by atoms with Crippen molar-refractivity contribution in [3.63, 3.8) is 0 Å². The normalized spacial score (nSPS) is 23.8. The van der Waals surface area contributed by atoms with Crippen molar-refractivity contribution in [3.05, 3.63) is 30.6 Å². The van der Waals surface area contributed by atoms with Crippen LogP contribution >= 0.6 is 0 Å². The minimum Gasteiger partial charge on any atom is -0.356 e. The van der Waals surface area contributed by atoms with E-state index in [9.17, 15) is 0 Å². The maximum Gasteiger partial charge on any atom is 0.139 e. The summed E-state index contributed by atoms with van der Waals surface area (Å²) in [5, 5.41) is 1.13. The number of rotatable bonds is 2. The van der Waals surface area contributed by atoms with E-state index in [0.717, 1.165) is 42.7 Å². The van der Waals surface area contributed by atoms with E-state index in [2.05, 4.69) is 27.9 Å². The van der Waals surface area contributed by atoms with Crippen LogP contribution in [0, 0.1) is 5.92 Å². The van der Waals surface area contributed by atoms with Gasteiger partial charge in [0.2, 0.25) is 0 Å². The first-order valence-corrected chi connectivity index (χ1v) is 7.00. The summed E-state index contributed by atoms with van der Waals surface area (Å²) in [6.07, 6.45) is 3.82. The van der Waals surface area contributed by atoms with Gasteiger partial charge in [0.1, 0.15) is 12.1 Å². The van der Waals surface area contributed by atoms with E-state index in [0.29, 0.717) is 12.0 Å². The largest absolute Gasteiger partial charge is 0.356 e. The molecule has 0 bridgehead atoms. The van der Waals surface area contributed by atoms with Gasteiger partial charge in [0, 0.05) is 24.5 Å². The van der Waals surface area contributed by atoms with Crippen molar-refractivity contribution in [2.24, 2.45) is 11.7 Å². The van der Waals surface area contributed by atoms with Gasteiger partial charge in [-0.15, -0.1) is 0 Å². The number of piperidine rings is 1. The maximum absolute atomic E-state index is 6.18. The molecule has 2 heterocycles. The summed E-state index contributed by atoms with van der Waals surface area (Å²) in [5.74, 6) is 1.61. The molecule has 2 atom stereocenters. The average molecular weight is 256 g/mol. The summed E-state index contributed by atoms with van der Waals surface area (Å²) in [6, 6.07) is 8.52. The van der Waals surface area contributed by atoms with E-state index in [1.165, 1.54) is 0 Å². The number of benzene rings is 1. The Kier molecular flexibility index (Phi) is 3.34. The van der Waals surface area contributed by atoms with Crippen LogP contribution in [0.15, 0.2) is 30.6 Å². The molecule has 0 spiro atoms. The third-order valence-corrected chi connectivity index (χ3v) is 4.14. The summed E-state index contributed by atoms with van der Waals surface area (Å²) in [6.45, 7) is 4.20. The van der Waals surface area contributed by atoms with Gasteiger partial charge in [-0.1, -0.05) is 25.5 Å². The third-order valence-electron chi connectivity index (χ3n) is 4.14. The molecule has 4 nitrogen and oxygen atoms in total. The van der Waals surface area contributed by atoms with Gasteiger partial charge in [-0.05, 0) is 24.5 Å². The molecule has 0 radical (unpaired) electrons. The fraction of sp³-hybridized carbons (Fsp3) is 0.467. The van der Waals surface area contributed by atoms with E-state index in [-0.39, 0.29) is 0 Å². The molecule has 2 N–H and O–H groups in total. The highest BCUT2D eigenvalue weighted by atomic mass is 15.2. The first-order chi connectivity index (χ1) is 9.29. The van der Waals surface area contributed by atoms with Crippen LogP contribution in [-0.4, -0.2) is 29.1 Å². The minimum atomic E-state index is 0.328. The molecule has 1 aliphatic rings. The quantitative estimate of drug-likeness (QED) is 0.895. The standard InChI is InChI=1S/C15H20N4/c1-2-11-9-19(8-7-13(11)16)15-12-5-3-4-6-14(12)17-10-18-15/h3-6,10-11,13H,2,7-9,16H2,1H3. The lowest BCUT2D eigenvalue weighted by Crippen LogP contribution is -2.47. The SMILES string of the molecule is CCC1CN(c2ncnc3ccccc23)CCC1N. The highest BCUT2D eigenvalue weighted by Gasteiger charge is 2.26. The molecule has 1 aliphatic heterocycles. The molecule has 0 aliphatic carbocycles. The van der Waals surface area contributed by atoms with Crippen LogP contribution in [0.5, 0.6) is 0 Å². The molecule has 0 saturated carbocycles. The van der Waals surface area contributed by atoms with Crippen LogP contribution in [0.4, 0.5) is 5.82 Å². The Labute approximate surface area is 113 Å². The summed E-state index contributed by atoms with van der Waals surface area (Å²) in [7, 11) is 0. The van der Waals surface area contributed by atoms with Gasteiger partial charge in [0.05, 0.1) is 5.52 Å². The number of hydrogen-bond donors (Lipinski definition) is 1. The van der Waals surface area contributed by atoms with Gasteiger partial charge in [-0.3, -0.25) is 0 Å². The van der Waals surface area contributed by atoms with Crippen molar-refractivity contribution < 1.29 is 0 Å². The topological polar surface area (TPSA) is 55.0 Å². The van der Waals surface area contributed by atoms with Crippen LogP contribution < -0.4 is 10.6 Å². The van der Waals surface area contributed by atoms with Crippen molar-refractivity contribution in [2.75, 3.05) is 18.0 Å². The van der Waals surface area contributed by atoms with Gasteiger partial charge in [-0.2, -0.15) is 0 Å². The van der Waals surface area contributed by atoms with Gasteiger partial charge in [0.25, 0.3) is 0 Å². The zero-order valence-electron chi connectivity index (χ0n) is 11.3. The molecule has 3 rings (SSSR count). The van der Waals surface area contributed by atoms with Crippen molar-refractivity contribution in [1.82, 2.24) is 9.97 Å². The number of hydrogen-bond acceptors (Lipinski definition) is 4. The highest BCUT2D eigenvalue weighted by Crippen LogP contribution is 2.27. The van der Waals surface area contributed by atoms with E-state index in [1.807, 2.05) is 18.2 Å². The van der Waals surface area contributed by atoms with Gasteiger partial charge in [-0.25, -0.2) is 9.97 Å². The third kappa shape index (κ3) is 2.28. The van der Waals surface area contributed by atoms with Gasteiger partial charge < -0.3 is 10.6 Å². The smallest absolute Gasteiger partial charge is 0.139 e. The monoisotopic (exact) mass is 256 g/mol. The number of nitrogens with zero attached hydrogens (tertiary/aromatic N) is 3. The van der Waals surface area contributed by atoms with Crippen LogP contribution in [0.25, 0.3) is 10.9 Å². The minimum absolute atomic E-state index is 0.328. The molecule has 1 saturated heterocycles. The van der Waals surface area contributed by atoms with Crippen LogP contribution in [0.1, 0.15) is 19.8 Å². The maximum atomic E-state index is 6.18. The molecule has 100 valence electrons. The molecule has 1 aromatic carbocycles. The van der Waals surface area contributed by atoms with E-state index < -0.39 is 0 Å². The zero-order chi connectivity index (χ0) is 13.2. The van der Waals surface area contributed by atoms with Crippen molar-refractivity contribution in [1.29, 1.82) is 0 Å². The lowest BCUT2D eigenvalue weighted by molar-refractivity contribution is 0.347. The van der Waals surface area contributed by atoms with Gasteiger partial charge in [0.15, 0.2) is 0 Å². The van der Waals surface area contributed by atoms with Crippen LogP contribution in [0.3, 0.4) is 0 Å². The molecule has 1 aromatic heterocycles. The number of anilines is 1. The fourth-order valence-electron chi connectivity index (χ4n) is 2.92. The highest BCUT2D eigenvalue weighted by molar-refractivity contribution is 5.89. The van der Waals surface area contributed by atoms with Crippen molar-refractivity contribution >= 4 is 16.7 Å². The Bertz CT molecular complexity index is 564. The lowest BCUT2D eigenvalue weighted by Gasteiger charge is -2.37. The molecule has 2 aromatic rings. The van der Waals surface area contributed by atoms with E-state index >= 15 is 0 Å². The Hall–Kier alpha value is -1.68. The second kappa shape index (κ2) is 5.13. The van der Waals surface area contributed by atoms with E-state index in [1.54, 1.807) is 6.33 Å². The van der Waals surface area contributed by atoms with E-state index in [4.69, 9.17) is 5.73 Å². The average Bonchev–Trinajstić information content (AvgIpc) is 2.47. The summed E-state index contributed by atoms with van der Waals surface area (Å²) in [5.41, 5.74) is 7.19. The molecule has 2 unspecified atom stereocenters. The summed E-state index contributed by atoms with van der Waals surface area (Å²) in [4.78, 5) is 11.2. The summed E-state index contributed by atoms with van der Waals surface area (Å²) >= 11 is 0. The molecular weight excluding hydrogens is 236 g/mol. The molecule has 0 amide bonds. The molecule has 4 heteroatoms. The van der Waals surface area contributed by atoms with Crippen molar-refractivity contribution in [2.45, 2.75) is 25.8 Å². The molecule has 1 fully saturated rings. The van der Waals surface area contributed by atoms with Crippen molar-refractivity contribution in [3.8, 4) is 0 Å². The second-order valence-corrected chi connectivity index (χ2v) is 5.28. The number of fused-ring (bicyclic) bond motifs is 1. The predicted octanol–water partition coefficient (Wildman–Crippen LogP) is 2.19. The second-order valence-electron chi connectivity index (χ2n) is 5.28. The Balaban J connectivity index is 1.96. The molecular formula is C15H20N4. The number of nitrogens with two attached hydrogens (primary N) is 1. The first-order valence-electron chi connectivity index (χ1n) is 7.00. The summed E-state index contributed by atoms with van der Waals surface area (Å²) < 4.78 is 0. The van der Waals surface area contributed by atoms with Gasteiger partial charge >= 0.3 is 0 Å². The number of para-hydroxylation sites is 1. The lowest BCUT2D eigenvalue weighted by atomic mass is 9.90. The van der Waals surface area contributed by atoms with Crippen LogP contribution in [-0.2, 0) is 0 Å². The fourth-order valence-corrected chi connectivity index (χ4v) is 2.92. The predicted molar refractivity (Wildman–Crippen MR) is 78.1 cm³/mol. The molecule has 19 heavy (non-hydrogen) atoms. The Morgan fingerprint density at radius 1 is 1.32 bits per heavy atom. The zero-order valence-corrected chi connectivity index (χ0v) is 11.3. The number of aromatic nitrogens is 2. The van der Waals surface area contributed by atoms with Crippen LogP contribution in [0.2, 0.25) is 0 Å². The first kappa shape index (κ1) is 12.4.